The predicted molar refractivity (Wildman–Crippen MR) is 108 cm³/mol. The zero-order valence-corrected chi connectivity index (χ0v) is 16.7. The van der Waals surface area contributed by atoms with E-state index in [2.05, 4.69) is 0 Å². The molecule has 154 valence electrons. The van der Waals surface area contributed by atoms with Gasteiger partial charge in [-0.25, -0.2) is 5.48 Å². The molecule has 0 fully saturated rings. The summed E-state index contributed by atoms with van der Waals surface area (Å²) >= 11 is 0. The maximum absolute atomic E-state index is 12.7. The second-order valence-corrected chi connectivity index (χ2v) is 7.01. The summed E-state index contributed by atoms with van der Waals surface area (Å²) in [4.78, 5) is 25.5. The summed E-state index contributed by atoms with van der Waals surface area (Å²) in [6, 6.07) is 11.6. The number of fused-ring (bicyclic) bond motifs is 1. The molecule has 2 amide bonds. The van der Waals surface area contributed by atoms with Crippen LogP contribution in [0.5, 0.6) is 11.5 Å². The fourth-order valence-corrected chi connectivity index (χ4v) is 3.59. The van der Waals surface area contributed by atoms with Gasteiger partial charge >= 0.3 is 0 Å². The average molecular weight is 398 g/mol. The number of rotatable bonds is 9. The van der Waals surface area contributed by atoms with Gasteiger partial charge in [0, 0.05) is 36.7 Å². The summed E-state index contributed by atoms with van der Waals surface area (Å²) in [7, 11) is 3.24. The van der Waals surface area contributed by atoms with E-state index in [9.17, 15) is 9.59 Å². The Kier molecular flexibility index (Phi) is 6.72. The molecule has 0 saturated carbocycles. The van der Waals surface area contributed by atoms with Gasteiger partial charge in [0.05, 0.1) is 14.2 Å². The third-order valence-electron chi connectivity index (χ3n) is 5.16. The van der Waals surface area contributed by atoms with Gasteiger partial charge in [0.2, 0.25) is 5.91 Å². The Hall–Kier alpha value is -3.06. The van der Waals surface area contributed by atoms with Crippen molar-refractivity contribution in [2.45, 2.75) is 32.2 Å². The van der Waals surface area contributed by atoms with Gasteiger partial charge in [-0.1, -0.05) is 12.5 Å². The monoisotopic (exact) mass is 398 g/mol. The van der Waals surface area contributed by atoms with Gasteiger partial charge in [0.25, 0.3) is 5.91 Å². The van der Waals surface area contributed by atoms with Gasteiger partial charge in [-0.05, 0) is 48.2 Å². The molecule has 3 rings (SSSR count). The lowest BCUT2D eigenvalue weighted by Gasteiger charge is -2.15. The molecule has 0 unspecified atom stereocenters. The van der Waals surface area contributed by atoms with Crippen molar-refractivity contribution in [2.75, 3.05) is 20.8 Å². The zero-order valence-electron chi connectivity index (χ0n) is 16.7. The topological polar surface area (TPSA) is 88.1 Å². The standard InChI is InChI=1S/C22H26N2O5/c1-28-17-8-10-18(20(13-17)29-2)15-7-9-19-16(12-15)14-24(22(19)26)11-5-3-4-6-21(25)23-27/h7-10,12-13,27H,3-6,11,14H2,1-2H3,(H,23,25). The molecule has 1 heterocycles. The predicted octanol–water partition coefficient (Wildman–Crippen LogP) is 3.39. The molecule has 29 heavy (non-hydrogen) atoms. The number of nitrogens with zero attached hydrogens (tertiary/aromatic N) is 1. The number of nitrogens with one attached hydrogen (secondary N) is 1. The van der Waals surface area contributed by atoms with E-state index in [1.54, 1.807) is 19.7 Å². The number of hydrogen-bond donors (Lipinski definition) is 2. The molecule has 0 aromatic heterocycles. The van der Waals surface area contributed by atoms with Gasteiger partial charge in [-0.15, -0.1) is 0 Å². The van der Waals surface area contributed by atoms with Gasteiger partial charge in [0.1, 0.15) is 11.5 Å². The molecular weight excluding hydrogens is 372 g/mol. The SMILES string of the molecule is COc1ccc(-c2ccc3c(c2)CN(CCCCCC(=O)NO)C3=O)c(OC)c1. The first-order valence-electron chi connectivity index (χ1n) is 9.65. The number of carbonyl (C=O) groups is 2. The molecule has 1 aliphatic rings. The second-order valence-electron chi connectivity index (χ2n) is 7.01. The van der Waals surface area contributed by atoms with Crippen LogP contribution in [0.1, 0.15) is 41.6 Å². The molecule has 2 aromatic rings. The Labute approximate surface area is 170 Å². The fraction of sp³-hybridized carbons (Fsp3) is 0.364. The van der Waals surface area contributed by atoms with E-state index in [4.69, 9.17) is 14.7 Å². The van der Waals surface area contributed by atoms with Crippen LogP contribution in [0.3, 0.4) is 0 Å². The summed E-state index contributed by atoms with van der Waals surface area (Å²) < 4.78 is 10.8. The van der Waals surface area contributed by atoms with Gasteiger partial charge < -0.3 is 14.4 Å². The zero-order chi connectivity index (χ0) is 20.8. The largest absolute Gasteiger partial charge is 0.497 e. The van der Waals surface area contributed by atoms with Crippen LogP contribution in [0.2, 0.25) is 0 Å². The molecule has 2 N–H and O–H groups in total. The molecule has 0 aliphatic carbocycles. The van der Waals surface area contributed by atoms with Crippen LogP contribution in [0.15, 0.2) is 36.4 Å². The van der Waals surface area contributed by atoms with Crippen LogP contribution in [-0.2, 0) is 11.3 Å². The van der Waals surface area contributed by atoms with E-state index in [1.807, 2.05) is 41.3 Å². The normalized spacial score (nSPS) is 12.7. The van der Waals surface area contributed by atoms with Crippen molar-refractivity contribution in [1.29, 1.82) is 0 Å². The highest BCUT2D eigenvalue weighted by Crippen LogP contribution is 2.35. The molecule has 0 spiro atoms. The summed E-state index contributed by atoms with van der Waals surface area (Å²) in [5, 5.41) is 8.50. The maximum Gasteiger partial charge on any atom is 0.254 e. The minimum Gasteiger partial charge on any atom is -0.497 e. The minimum absolute atomic E-state index is 0.0429. The Bertz CT molecular complexity index is 897. The van der Waals surface area contributed by atoms with Crippen molar-refractivity contribution in [3.63, 3.8) is 0 Å². The Morgan fingerprint density at radius 1 is 1.07 bits per heavy atom. The number of carbonyl (C=O) groups excluding carboxylic acids is 2. The first-order valence-corrected chi connectivity index (χ1v) is 9.65. The molecule has 7 heteroatoms. The van der Waals surface area contributed by atoms with E-state index >= 15 is 0 Å². The van der Waals surface area contributed by atoms with Crippen LogP contribution < -0.4 is 15.0 Å². The molecule has 7 nitrogen and oxygen atoms in total. The lowest BCUT2D eigenvalue weighted by molar-refractivity contribution is -0.129. The van der Waals surface area contributed by atoms with E-state index in [0.717, 1.165) is 46.6 Å². The van der Waals surface area contributed by atoms with Crippen LogP contribution in [0, 0.1) is 0 Å². The van der Waals surface area contributed by atoms with Crippen LogP contribution >= 0.6 is 0 Å². The Balaban J connectivity index is 1.66. The van der Waals surface area contributed by atoms with Crippen LogP contribution in [0.25, 0.3) is 11.1 Å². The highest BCUT2D eigenvalue weighted by molar-refractivity contribution is 5.99. The number of unbranched alkanes of at least 4 members (excludes halogenated alkanes) is 2. The highest BCUT2D eigenvalue weighted by atomic mass is 16.5. The number of ether oxygens (including phenoxy) is 2. The van der Waals surface area contributed by atoms with Crippen molar-refractivity contribution >= 4 is 11.8 Å². The fourth-order valence-electron chi connectivity index (χ4n) is 3.59. The van der Waals surface area contributed by atoms with Crippen molar-refractivity contribution < 1.29 is 24.3 Å². The minimum atomic E-state index is -0.379. The smallest absolute Gasteiger partial charge is 0.254 e. The quantitative estimate of drug-likeness (QED) is 0.384. The summed E-state index contributed by atoms with van der Waals surface area (Å²) in [6.45, 7) is 1.23. The first kappa shape index (κ1) is 20.7. The molecular formula is C22H26N2O5. The van der Waals surface area contributed by atoms with E-state index in [1.165, 1.54) is 0 Å². The third-order valence-corrected chi connectivity index (χ3v) is 5.16. The molecule has 0 bridgehead atoms. The summed E-state index contributed by atoms with van der Waals surface area (Å²) in [6.07, 6.45) is 2.61. The summed E-state index contributed by atoms with van der Waals surface area (Å²) in [5.74, 6) is 1.11. The lowest BCUT2D eigenvalue weighted by Crippen LogP contribution is -2.25. The third kappa shape index (κ3) is 4.68. The number of benzene rings is 2. The maximum atomic E-state index is 12.7. The number of hydroxylamine groups is 1. The molecule has 1 aliphatic heterocycles. The number of hydrogen-bond acceptors (Lipinski definition) is 5. The van der Waals surface area contributed by atoms with E-state index in [-0.39, 0.29) is 18.2 Å². The Morgan fingerprint density at radius 3 is 2.59 bits per heavy atom. The van der Waals surface area contributed by atoms with Crippen LogP contribution in [-0.4, -0.2) is 42.7 Å². The van der Waals surface area contributed by atoms with Gasteiger partial charge in [-0.2, -0.15) is 0 Å². The highest BCUT2D eigenvalue weighted by Gasteiger charge is 2.27. The summed E-state index contributed by atoms with van der Waals surface area (Å²) in [5.41, 5.74) is 5.31. The van der Waals surface area contributed by atoms with E-state index in [0.29, 0.717) is 19.5 Å². The molecule has 0 radical (unpaired) electrons. The molecule has 0 saturated heterocycles. The van der Waals surface area contributed by atoms with Crippen molar-refractivity contribution in [3.8, 4) is 22.6 Å². The van der Waals surface area contributed by atoms with E-state index < -0.39 is 0 Å². The van der Waals surface area contributed by atoms with Gasteiger partial charge in [-0.3, -0.25) is 14.8 Å². The second kappa shape index (κ2) is 9.43. The van der Waals surface area contributed by atoms with Crippen molar-refractivity contribution in [1.82, 2.24) is 10.4 Å². The number of amides is 2. The average Bonchev–Trinajstić information content (AvgIpc) is 3.07. The van der Waals surface area contributed by atoms with Crippen molar-refractivity contribution in [3.05, 3.63) is 47.5 Å². The first-order chi connectivity index (χ1) is 14.1. The van der Waals surface area contributed by atoms with Crippen molar-refractivity contribution in [2.24, 2.45) is 0 Å². The molecule has 2 aromatic carbocycles. The van der Waals surface area contributed by atoms with Gasteiger partial charge in [0.15, 0.2) is 0 Å². The number of methoxy groups -OCH3 is 2. The van der Waals surface area contributed by atoms with Crippen LogP contribution in [0.4, 0.5) is 0 Å². The lowest BCUT2D eigenvalue weighted by atomic mass is 9.99. The molecule has 0 atom stereocenters. The Morgan fingerprint density at radius 2 is 1.86 bits per heavy atom.